The van der Waals surface area contributed by atoms with E-state index < -0.39 is 0 Å². The van der Waals surface area contributed by atoms with Crippen molar-refractivity contribution in [2.75, 3.05) is 19.0 Å². The van der Waals surface area contributed by atoms with Gasteiger partial charge in [0.05, 0.1) is 0 Å². The van der Waals surface area contributed by atoms with Gasteiger partial charge in [0.1, 0.15) is 6.04 Å². The molecule has 3 nitrogen and oxygen atoms in total. The highest BCUT2D eigenvalue weighted by Gasteiger charge is 2.34. The second kappa shape index (κ2) is 3.91. The summed E-state index contributed by atoms with van der Waals surface area (Å²) in [4.78, 5) is 13.7. The first-order valence-electron chi connectivity index (χ1n) is 5.65. The van der Waals surface area contributed by atoms with Crippen LogP contribution in [0.1, 0.15) is 36.9 Å². The fourth-order valence-corrected chi connectivity index (χ4v) is 2.19. The zero-order valence-electron chi connectivity index (χ0n) is 10.2. The lowest BCUT2D eigenvalue weighted by Crippen LogP contribution is -2.30. The first-order chi connectivity index (χ1) is 7.56. The van der Waals surface area contributed by atoms with E-state index in [1.165, 1.54) is 5.56 Å². The van der Waals surface area contributed by atoms with Crippen molar-refractivity contribution < 1.29 is 4.79 Å². The van der Waals surface area contributed by atoms with Gasteiger partial charge in [0.2, 0.25) is 5.91 Å². The van der Waals surface area contributed by atoms with Crippen molar-refractivity contribution in [2.45, 2.75) is 25.8 Å². The average Bonchev–Trinajstić information content (AvgIpc) is 2.51. The molecule has 1 heterocycles. The van der Waals surface area contributed by atoms with Crippen LogP contribution in [-0.4, -0.2) is 20.0 Å². The van der Waals surface area contributed by atoms with Crippen LogP contribution in [0.2, 0.25) is 0 Å². The van der Waals surface area contributed by atoms with Gasteiger partial charge in [-0.15, -0.1) is 0 Å². The highest BCUT2D eigenvalue weighted by molar-refractivity contribution is 6.04. The van der Waals surface area contributed by atoms with Gasteiger partial charge < -0.3 is 10.2 Å². The summed E-state index contributed by atoms with van der Waals surface area (Å²) >= 11 is 0. The maximum absolute atomic E-state index is 11.9. The molecule has 1 aliphatic heterocycles. The van der Waals surface area contributed by atoms with Gasteiger partial charge in [-0.2, -0.15) is 0 Å². The predicted molar refractivity (Wildman–Crippen MR) is 65.7 cm³/mol. The second-order valence-corrected chi connectivity index (χ2v) is 4.59. The molecule has 0 fully saturated rings. The first-order valence-corrected chi connectivity index (χ1v) is 5.65. The quantitative estimate of drug-likeness (QED) is 0.824. The molecule has 0 spiro atoms. The van der Waals surface area contributed by atoms with Crippen LogP contribution >= 0.6 is 0 Å². The Morgan fingerprint density at radius 1 is 1.38 bits per heavy atom. The number of hydrogen-bond donors (Lipinski definition) is 1. The summed E-state index contributed by atoms with van der Waals surface area (Å²) in [6, 6.07) is 6.10. The Morgan fingerprint density at radius 3 is 2.62 bits per heavy atom. The van der Waals surface area contributed by atoms with Gasteiger partial charge in [0.15, 0.2) is 0 Å². The molecule has 0 bridgehead atoms. The SMILES string of the molecule is CNC1C(=O)N(C)c2ccc(C(C)C)cc21. The Bertz CT molecular complexity index is 426. The minimum atomic E-state index is -0.182. The van der Waals surface area contributed by atoms with Crippen molar-refractivity contribution in [3.8, 4) is 0 Å². The van der Waals surface area contributed by atoms with E-state index in [9.17, 15) is 4.79 Å². The fourth-order valence-electron chi connectivity index (χ4n) is 2.19. The Morgan fingerprint density at radius 2 is 2.06 bits per heavy atom. The molecule has 2 rings (SSSR count). The summed E-state index contributed by atoms with van der Waals surface area (Å²) in [6.07, 6.45) is 0. The third-order valence-corrected chi connectivity index (χ3v) is 3.26. The number of amides is 1. The number of hydrogen-bond acceptors (Lipinski definition) is 2. The normalized spacial score (nSPS) is 19.4. The molecule has 1 unspecified atom stereocenters. The Hall–Kier alpha value is -1.35. The summed E-state index contributed by atoms with van der Waals surface area (Å²) in [5.41, 5.74) is 3.40. The number of fused-ring (bicyclic) bond motifs is 1. The van der Waals surface area contributed by atoms with Crippen LogP contribution in [0.5, 0.6) is 0 Å². The van der Waals surface area contributed by atoms with E-state index in [0.29, 0.717) is 5.92 Å². The molecule has 1 aromatic rings. The molecular weight excluding hydrogens is 200 g/mol. The number of likely N-dealkylation sites (N-methyl/N-ethyl adjacent to an activating group) is 2. The summed E-state index contributed by atoms with van der Waals surface area (Å²) < 4.78 is 0. The molecule has 16 heavy (non-hydrogen) atoms. The van der Waals surface area contributed by atoms with Crippen molar-refractivity contribution in [3.05, 3.63) is 29.3 Å². The minimum Gasteiger partial charge on any atom is -0.313 e. The summed E-state index contributed by atoms with van der Waals surface area (Å²) in [6.45, 7) is 4.33. The molecule has 86 valence electrons. The lowest BCUT2D eigenvalue weighted by molar-refractivity contribution is -0.119. The van der Waals surface area contributed by atoms with Gasteiger partial charge in [0, 0.05) is 18.3 Å². The van der Waals surface area contributed by atoms with Gasteiger partial charge in [0.25, 0.3) is 0 Å². The lowest BCUT2D eigenvalue weighted by Gasteiger charge is -2.11. The van der Waals surface area contributed by atoms with Crippen LogP contribution < -0.4 is 10.2 Å². The molecule has 0 saturated heterocycles. The van der Waals surface area contributed by atoms with Crippen molar-refractivity contribution in [1.29, 1.82) is 0 Å². The standard InChI is InChI=1S/C13H18N2O/c1-8(2)9-5-6-11-10(7-9)12(14-3)13(16)15(11)4/h5-8,12,14H,1-4H3. The number of nitrogens with one attached hydrogen (secondary N) is 1. The Labute approximate surface area is 96.5 Å². The molecular formula is C13H18N2O. The average molecular weight is 218 g/mol. The van der Waals surface area contributed by atoms with Crippen LogP contribution in [0.25, 0.3) is 0 Å². The lowest BCUT2D eigenvalue weighted by atomic mass is 9.98. The van der Waals surface area contributed by atoms with E-state index in [1.807, 2.05) is 20.2 Å². The van der Waals surface area contributed by atoms with E-state index >= 15 is 0 Å². The first kappa shape index (κ1) is 11.1. The van der Waals surface area contributed by atoms with Gasteiger partial charge in [-0.3, -0.25) is 4.79 Å². The molecule has 1 aliphatic rings. The molecule has 1 amide bonds. The molecule has 1 aromatic carbocycles. The number of benzene rings is 1. The fraction of sp³-hybridized carbons (Fsp3) is 0.462. The predicted octanol–water partition coefficient (Wildman–Crippen LogP) is 2.05. The maximum Gasteiger partial charge on any atom is 0.248 e. The van der Waals surface area contributed by atoms with Gasteiger partial charge in [-0.25, -0.2) is 0 Å². The highest BCUT2D eigenvalue weighted by Crippen LogP contribution is 2.36. The maximum atomic E-state index is 11.9. The number of carbonyl (C=O) groups excluding carboxylic acids is 1. The summed E-state index contributed by atoms with van der Waals surface area (Å²) in [5, 5.41) is 3.08. The molecule has 0 saturated carbocycles. The molecule has 1 N–H and O–H groups in total. The van der Waals surface area contributed by atoms with E-state index in [4.69, 9.17) is 0 Å². The Balaban J connectivity index is 2.51. The molecule has 3 heteroatoms. The van der Waals surface area contributed by atoms with Crippen molar-refractivity contribution >= 4 is 11.6 Å². The number of rotatable bonds is 2. The van der Waals surface area contributed by atoms with Crippen LogP contribution in [-0.2, 0) is 4.79 Å². The van der Waals surface area contributed by atoms with Crippen LogP contribution in [0.4, 0.5) is 5.69 Å². The zero-order chi connectivity index (χ0) is 11.9. The number of nitrogens with zero attached hydrogens (tertiary/aromatic N) is 1. The van der Waals surface area contributed by atoms with Gasteiger partial charge >= 0.3 is 0 Å². The van der Waals surface area contributed by atoms with Crippen LogP contribution in [0.15, 0.2) is 18.2 Å². The van der Waals surface area contributed by atoms with Crippen molar-refractivity contribution in [3.63, 3.8) is 0 Å². The Kier molecular flexibility index (Phi) is 2.72. The second-order valence-electron chi connectivity index (χ2n) is 4.59. The van der Waals surface area contributed by atoms with Gasteiger partial charge in [-0.05, 0) is 24.6 Å². The van der Waals surface area contributed by atoms with Crippen molar-refractivity contribution in [2.24, 2.45) is 0 Å². The van der Waals surface area contributed by atoms with Gasteiger partial charge in [-0.1, -0.05) is 26.0 Å². The largest absolute Gasteiger partial charge is 0.313 e. The van der Waals surface area contributed by atoms with E-state index in [2.05, 4.69) is 31.3 Å². The minimum absolute atomic E-state index is 0.124. The highest BCUT2D eigenvalue weighted by atomic mass is 16.2. The smallest absolute Gasteiger partial charge is 0.248 e. The number of carbonyl (C=O) groups is 1. The third-order valence-electron chi connectivity index (χ3n) is 3.26. The molecule has 0 aliphatic carbocycles. The van der Waals surface area contributed by atoms with E-state index in [0.717, 1.165) is 11.3 Å². The number of anilines is 1. The topological polar surface area (TPSA) is 32.3 Å². The zero-order valence-corrected chi connectivity index (χ0v) is 10.2. The van der Waals surface area contributed by atoms with Crippen molar-refractivity contribution in [1.82, 2.24) is 5.32 Å². The van der Waals surface area contributed by atoms with Crippen LogP contribution in [0.3, 0.4) is 0 Å². The molecule has 1 atom stereocenters. The third kappa shape index (κ3) is 1.52. The molecule has 0 aromatic heterocycles. The van der Waals surface area contributed by atoms with Crippen LogP contribution in [0, 0.1) is 0 Å². The molecule has 0 radical (unpaired) electrons. The van der Waals surface area contributed by atoms with E-state index in [-0.39, 0.29) is 11.9 Å². The summed E-state index contributed by atoms with van der Waals surface area (Å²) in [7, 11) is 3.65. The summed E-state index contributed by atoms with van der Waals surface area (Å²) in [5.74, 6) is 0.613. The van der Waals surface area contributed by atoms with E-state index in [1.54, 1.807) is 4.90 Å². The monoisotopic (exact) mass is 218 g/mol.